The lowest BCUT2D eigenvalue weighted by atomic mass is 9.95. The molecule has 0 saturated heterocycles. The zero-order valence-electron chi connectivity index (χ0n) is 17.8. The van der Waals surface area contributed by atoms with Crippen molar-refractivity contribution in [3.8, 4) is 0 Å². The highest BCUT2D eigenvalue weighted by molar-refractivity contribution is 6.42. The van der Waals surface area contributed by atoms with E-state index in [9.17, 15) is 9.59 Å². The number of hydrogen-bond donors (Lipinski definition) is 1. The zero-order valence-corrected chi connectivity index (χ0v) is 20.1. The van der Waals surface area contributed by atoms with Crippen LogP contribution in [0.25, 0.3) is 0 Å². The van der Waals surface area contributed by atoms with Crippen molar-refractivity contribution in [2.45, 2.75) is 25.4 Å². The molecule has 0 fully saturated rings. The van der Waals surface area contributed by atoms with E-state index in [0.717, 1.165) is 5.56 Å². The molecule has 0 radical (unpaired) electrons. The van der Waals surface area contributed by atoms with Crippen molar-refractivity contribution >= 4 is 52.2 Å². The van der Waals surface area contributed by atoms with Gasteiger partial charge in [-0.15, -0.1) is 0 Å². The largest absolute Gasteiger partial charge is 0.359 e. The maximum atomic E-state index is 13.5. The third kappa shape index (κ3) is 4.93. The summed E-state index contributed by atoms with van der Waals surface area (Å²) in [4.78, 5) is 28.5. The normalized spacial score (nSPS) is 17.3. The van der Waals surface area contributed by atoms with Crippen molar-refractivity contribution in [2.75, 3.05) is 5.32 Å². The lowest BCUT2D eigenvalue weighted by Crippen LogP contribution is -2.49. The first-order chi connectivity index (χ1) is 15.8. The summed E-state index contributed by atoms with van der Waals surface area (Å²) >= 11 is 18.4. The van der Waals surface area contributed by atoms with E-state index in [0.29, 0.717) is 44.8 Å². The molecule has 1 amide bonds. The standard InChI is InChI=1S/C26H21Cl3N2O2/c1-26(12-5-13-31(26)16-17-8-10-21(28)22(29)14-17)25(33)30-23-11-9-19(27)15-20(23)24(32)18-6-3-2-4-7-18/h2-11,13-15H,12,16H2,1H3,(H,30,33)/t26-/m1/s1. The van der Waals surface area contributed by atoms with Crippen molar-refractivity contribution < 1.29 is 9.59 Å². The summed E-state index contributed by atoms with van der Waals surface area (Å²) in [6, 6.07) is 19.2. The summed E-state index contributed by atoms with van der Waals surface area (Å²) in [6.07, 6.45) is 4.38. The van der Waals surface area contributed by atoms with E-state index in [-0.39, 0.29) is 11.7 Å². The molecule has 0 saturated carbocycles. The second-order valence-electron chi connectivity index (χ2n) is 8.08. The fourth-order valence-corrected chi connectivity index (χ4v) is 4.28. The molecule has 1 aliphatic rings. The van der Waals surface area contributed by atoms with Crippen LogP contribution in [0.15, 0.2) is 79.0 Å². The highest BCUT2D eigenvalue weighted by Gasteiger charge is 2.40. The summed E-state index contributed by atoms with van der Waals surface area (Å²) < 4.78 is 0. The van der Waals surface area contributed by atoms with E-state index >= 15 is 0 Å². The number of anilines is 1. The van der Waals surface area contributed by atoms with Crippen LogP contribution in [0.5, 0.6) is 0 Å². The van der Waals surface area contributed by atoms with Gasteiger partial charge in [0.15, 0.2) is 5.78 Å². The van der Waals surface area contributed by atoms with Crippen molar-refractivity contribution in [1.82, 2.24) is 4.90 Å². The maximum absolute atomic E-state index is 13.5. The first-order valence-corrected chi connectivity index (χ1v) is 11.5. The molecule has 3 aromatic rings. The summed E-state index contributed by atoms with van der Waals surface area (Å²) in [5.74, 6) is -0.437. The van der Waals surface area contributed by atoms with Gasteiger partial charge in [-0.25, -0.2) is 0 Å². The Hall–Kier alpha value is -2.79. The molecule has 0 unspecified atom stereocenters. The van der Waals surface area contributed by atoms with Crippen LogP contribution in [0.4, 0.5) is 5.69 Å². The molecule has 0 aliphatic carbocycles. The van der Waals surface area contributed by atoms with E-state index < -0.39 is 5.54 Å². The average Bonchev–Trinajstić information content (AvgIpc) is 3.19. The molecule has 3 aromatic carbocycles. The van der Waals surface area contributed by atoms with E-state index in [4.69, 9.17) is 34.8 Å². The Morgan fingerprint density at radius 3 is 2.45 bits per heavy atom. The number of nitrogens with one attached hydrogen (secondary N) is 1. The van der Waals surface area contributed by atoms with Crippen molar-refractivity contribution in [2.24, 2.45) is 0 Å². The Kier molecular flexibility index (Phi) is 6.80. The number of rotatable bonds is 6. The molecular weight excluding hydrogens is 479 g/mol. The van der Waals surface area contributed by atoms with Gasteiger partial charge in [0.05, 0.1) is 15.7 Å². The second-order valence-corrected chi connectivity index (χ2v) is 9.33. The fraction of sp³-hybridized carbons (Fsp3) is 0.154. The Morgan fingerprint density at radius 2 is 1.73 bits per heavy atom. The number of carbonyl (C=O) groups is 2. The van der Waals surface area contributed by atoms with Gasteiger partial charge < -0.3 is 10.2 Å². The van der Waals surface area contributed by atoms with Crippen LogP contribution < -0.4 is 5.32 Å². The van der Waals surface area contributed by atoms with Crippen LogP contribution in [0.2, 0.25) is 15.1 Å². The predicted octanol–water partition coefficient (Wildman–Crippen LogP) is 6.99. The molecule has 168 valence electrons. The molecular formula is C26H21Cl3N2O2. The Morgan fingerprint density at radius 1 is 0.970 bits per heavy atom. The molecule has 0 aromatic heterocycles. The van der Waals surface area contributed by atoms with Gasteiger partial charge in [-0.1, -0.05) is 77.3 Å². The number of halogens is 3. The third-order valence-corrected chi connectivity index (χ3v) is 6.75. The molecule has 1 N–H and O–H groups in total. The number of benzene rings is 3. The summed E-state index contributed by atoms with van der Waals surface area (Å²) in [7, 11) is 0. The van der Waals surface area contributed by atoms with Gasteiger partial charge in [0.25, 0.3) is 0 Å². The Bertz CT molecular complexity index is 1240. The van der Waals surface area contributed by atoms with Crippen LogP contribution in [0.3, 0.4) is 0 Å². The van der Waals surface area contributed by atoms with Gasteiger partial charge in [0.1, 0.15) is 5.54 Å². The minimum absolute atomic E-state index is 0.212. The van der Waals surface area contributed by atoms with Gasteiger partial charge in [0.2, 0.25) is 5.91 Å². The van der Waals surface area contributed by atoms with E-state index in [1.807, 2.05) is 36.2 Å². The minimum Gasteiger partial charge on any atom is -0.359 e. The molecule has 4 rings (SSSR count). The number of carbonyl (C=O) groups excluding carboxylic acids is 2. The van der Waals surface area contributed by atoms with Crippen molar-refractivity contribution in [1.29, 1.82) is 0 Å². The van der Waals surface area contributed by atoms with E-state index in [2.05, 4.69) is 5.32 Å². The van der Waals surface area contributed by atoms with Crippen molar-refractivity contribution in [3.63, 3.8) is 0 Å². The molecule has 1 aliphatic heterocycles. The van der Waals surface area contributed by atoms with Crippen LogP contribution in [0, 0.1) is 0 Å². The van der Waals surface area contributed by atoms with Gasteiger partial charge >= 0.3 is 0 Å². The SMILES string of the molecule is C[C@]1(C(=O)Nc2ccc(Cl)cc2C(=O)c2ccccc2)CC=CN1Cc1ccc(Cl)c(Cl)c1. The zero-order chi connectivity index (χ0) is 23.6. The van der Waals surface area contributed by atoms with Gasteiger partial charge in [-0.2, -0.15) is 0 Å². The summed E-state index contributed by atoms with van der Waals surface area (Å²) in [5.41, 5.74) is 1.36. The topological polar surface area (TPSA) is 49.4 Å². The third-order valence-electron chi connectivity index (χ3n) is 5.77. The average molecular weight is 500 g/mol. The fourth-order valence-electron chi connectivity index (χ4n) is 3.79. The van der Waals surface area contributed by atoms with Crippen LogP contribution in [-0.2, 0) is 11.3 Å². The Labute approximate surface area is 207 Å². The number of ketones is 1. The van der Waals surface area contributed by atoms with Gasteiger partial charge in [-0.05, 0) is 55.4 Å². The second kappa shape index (κ2) is 9.60. The van der Waals surface area contributed by atoms with E-state index in [1.54, 1.807) is 54.6 Å². The molecule has 0 bridgehead atoms. The molecule has 0 spiro atoms. The first kappa shape index (κ1) is 23.4. The number of nitrogens with zero attached hydrogens (tertiary/aromatic N) is 1. The van der Waals surface area contributed by atoms with Crippen LogP contribution >= 0.6 is 34.8 Å². The van der Waals surface area contributed by atoms with Gasteiger partial charge in [-0.3, -0.25) is 9.59 Å². The highest BCUT2D eigenvalue weighted by atomic mass is 35.5. The molecule has 4 nitrogen and oxygen atoms in total. The minimum atomic E-state index is -0.848. The Balaban J connectivity index is 1.58. The molecule has 1 atom stereocenters. The molecule has 33 heavy (non-hydrogen) atoms. The lowest BCUT2D eigenvalue weighted by Gasteiger charge is -2.35. The number of hydrogen-bond acceptors (Lipinski definition) is 3. The maximum Gasteiger partial charge on any atom is 0.250 e. The lowest BCUT2D eigenvalue weighted by molar-refractivity contribution is -0.125. The predicted molar refractivity (Wildman–Crippen MR) is 134 cm³/mol. The van der Waals surface area contributed by atoms with Crippen LogP contribution in [0.1, 0.15) is 34.8 Å². The quantitative estimate of drug-likeness (QED) is 0.372. The van der Waals surface area contributed by atoms with Crippen molar-refractivity contribution in [3.05, 3.63) is 111 Å². The summed E-state index contributed by atoms with van der Waals surface area (Å²) in [5, 5.41) is 4.33. The molecule has 7 heteroatoms. The molecule has 1 heterocycles. The smallest absolute Gasteiger partial charge is 0.250 e. The van der Waals surface area contributed by atoms with Gasteiger partial charge in [0, 0.05) is 22.7 Å². The highest BCUT2D eigenvalue weighted by Crippen LogP contribution is 2.33. The summed E-state index contributed by atoms with van der Waals surface area (Å²) in [6.45, 7) is 2.35. The van der Waals surface area contributed by atoms with E-state index in [1.165, 1.54) is 0 Å². The first-order valence-electron chi connectivity index (χ1n) is 10.4. The monoisotopic (exact) mass is 498 g/mol. The van der Waals surface area contributed by atoms with Crippen LogP contribution in [-0.4, -0.2) is 22.1 Å². The number of amides is 1.